The topological polar surface area (TPSA) is 49.8 Å². The predicted molar refractivity (Wildman–Crippen MR) is 221 cm³/mol. The van der Waals surface area contributed by atoms with Crippen molar-refractivity contribution in [3.63, 3.8) is 0 Å². The molecular formula is C48H37N5O. The van der Waals surface area contributed by atoms with Gasteiger partial charge in [0.1, 0.15) is 17.3 Å². The van der Waals surface area contributed by atoms with Crippen LogP contribution in [-0.2, 0) is 0 Å². The molecular weight excluding hydrogens is 663 g/mol. The highest BCUT2D eigenvalue weighted by Crippen LogP contribution is 2.38. The third kappa shape index (κ3) is 4.95. The van der Waals surface area contributed by atoms with Crippen LogP contribution < -0.4 is 4.74 Å². The van der Waals surface area contributed by atoms with Crippen LogP contribution in [0.3, 0.4) is 0 Å². The molecule has 54 heavy (non-hydrogen) atoms. The van der Waals surface area contributed by atoms with Gasteiger partial charge in [0.2, 0.25) is 0 Å². The first-order chi connectivity index (χ1) is 26.4. The lowest BCUT2D eigenvalue weighted by molar-refractivity contribution is 0.482. The third-order valence-corrected chi connectivity index (χ3v) is 10.7. The summed E-state index contributed by atoms with van der Waals surface area (Å²) in [6, 6.07) is 50.9. The Morgan fingerprint density at radius 2 is 1.17 bits per heavy atom. The summed E-state index contributed by atoms with van der Waals surface area (Å²) in [5.74, 6) is 2.32. The van der Waals surface area contributed by atoms with Gasteiger partial charge in [-0.2, -0.15) is 5.10 Å². The zero-order chi connectivity index (χ0) is 36.5. The van der Waals surface area contributed by atoms with Crippen molar-refractivity contribution in [3.8, 4) is 39.8 Å². The number of hydrogen-bond donors (Lipinski definition) is 0. The number of nitrogens with zero attached hydrogens (tertiary/aromatic N) is 5. The van der Waals surface area contributed by atoms with E-state index in [0.717, 1.165) is 73.0 Å². The van der Waals surface area contributed by atoms with Gasteiger partial charge in [-0.05, 0) is 80.8 Å². The van der Waals surface area contributed by atoms with Gasteiger partial charge < -0.3 is 9.30 Å². The van der Waals surface area contributed by atoms with Crippen molar-refractivity contribution in [1.29, 1.82) is 0 Å². The molecule has 260 valence electrons. The minimum Gasteiger partial charge on any atom is -0.457 e. The molecule has 4 aromatic heterocycles. The monoisotopic (exact) mass is 699 g/mol. The fraction of sp³-hybridized carbons (Fsp3) is 0.0833. The summed E-state index contributed by atoms with van der Waals surface area (Å²) in [4.78, 5) is 4.99. The van der Waals surface area contributed by atoms with E-state index in [0.29, 0.717) is 0 Å². The molecule has 0 unspecified atom stereocenters. The first-order valence-electron chi connectivity index (χ1n) is 18.3. The van der Waals surface area contributed by atoms with Crippen LogP contribution in [0, 0.1) is 27.7 Å². The van der Waals surface area contributed by atoms with E-state index in [1.807, 2.05) is 29.1 Å². The van der Waals surface area contributed by atoms with E-state index in [1.54, 1.807) is 0 Å². The van der Waals surface area contributed by atoms with Crippen LogP contribution in [0.1, 0.15) is 22.5 Å². The van der Waals surface area contributed by atoms with Crippen LogP contribution in [-0.4, -0.2) is 23.9 Å². The molecule has 0 aliphatic rings. The molecule has 0 radical (unpaired) electrons. The van der Waals surface area contributed by atoms with Crippen molar-refractivity contribution in [1.82, 2.24) is 23.9 Å². The quantitative estimate of drug-likeness (QED) is 0.174. The molecule has 0 N–H and O–H groups in total. The molecule has 0 aliphatic heterocycles. The minimum atomic E-state index is 0.737. The summed E-state index contributed by atoms with van der Waals surface area (Å²) < 4.78 is 13.3. The van der Waals surface area contributed by atoms with E-state index < -0.39 is 0 Å². The van der Waals surface area contributed by atoms with Crippen LogP contribution in [0.2, 0.25) is 0 Å². The van der Waals surface area contributed by atoms with Gasteiger partial charge in [-0.1, -0.05) is 91.0 Å². The van der Waals surface area contributed by atoms with E-state index in [4.69, 9.17) is 14.8 Å². The van der Waals surface area contributed by atoms with Crippen LogP contribution in [0.5, 0.6) is 11.5 Å². The zero-order valence-corrected chi connectivity index (χ0v) is 30.6. The minimum absolute atomic E-state index is 0.737. The van der Waals surface area contributed by atoms with Crippen molar-refractivity contribution in [2.24, 2.45) is 0 Å². The highest BCUT2D eigenvalue weighted by molar-refractivity contribution is 6.12. The van der Waals surface area contributed by atoms with E-state index in [9.17, 15) is 0 Å². The number of ether oxygens (including phenoxy) is 1. The van der Waals surface area contributed by atoms with Crippen molar-refractivity contribution in [2.45, 2.75) is 27.7 Å². The lowest BCUT2D eigenvalue weighted by atomic mass is 10.0. The molecule has 0 bridgehead atoms. The van der Waals surface area contributed by atoms with Crippen molar-refractivity contribution in [2.75, 3.05) is 0 Å². The molecule has 0 fully saturated rings. The van der Waals surface area contributed by atoms with Gasteiger partial charge in [0.25, 0.3) is 0 Å². The zero-order valence-electron chi connectivity index (χ0n) is 30.6. The van der Waals surface area contributed by atoms with Gasteiger partial charge in [-0.15, -0.1) is 0 Å². The van der Waals surface area contributed by atoms with Crippen LogP contribution in [0.15, 0.2) is 152 Å². The fourth-order valence-corrected chi connectivity index (χ4v) is 8.38. The van der Waals surface area contributed by atoms with E-state index in [-0.39, 0.29) is 0 Å². The summed E-state index contributed by atoms with van der Waals surface area (Å²) in [6.45, 7) is 8.57. The Morgan fingerprint density at radius 1 is 0.500 bits per heavy atom. The Hall–Kier alpha value is -6.92. The molecule has 6 heteroatoms. The van der Waals surface area contributed by atoms with E-state index >= 15 is 0 Å². The average molecular weight is 700 g/mol. The largest absolute Gasteiger partial charge is 0.457 e. The summed E-state index contributed by atoms with van der Waals surface area (Å²) in [7, 11) is 0. The number of rotatable bonds is 6. The Morgan fingerprint density at radius 3 is 1.94 bits per heavy atom. The van der Waals surface area contributed by atoms with Crippen molar-refractivity contribution < 1.29 is 4.74 Å². The summed E-state index contributed by atoms with van der Waals surface area (Å²) in [6.07, 6.45) is 1.92. The van der Waals surface area contributed by atoms with Crippen molar-refractivity contribution >= 4 is 43.6 Å². The molecule has 0 amide bonds. The van der Waals surface area contributed by atoms with Gasteiger partial charge in [0, 0.05) is 57.2 Å². The van der Waals surface area contributed by atoms with Gasteiger partial charge in [-0.25, -0.2) is 9.67 Å². The summed E-state index contributed by atoms with van der Waals surface area (Å²) >= 11 is 0. The number of fused-ring (bicyclic) bond motifs is 6. The average Bonchev–Trinajstić information content (AvgIpc) is 3.82. The molecule has 0 aliphatic carbocycles. The summed E-state index contributed by atoms with van der Waals surface area (Å²) in [5, 5.41) is 9.74. The molecule has 10 rings (SSSR count). The second-order valence-electron chi connectivity index (χ2n) is 14.1. The van der Waals surface area contributed by atoms with E-state index in [1.165, 1.54) is 32.9 Å². The molecule has 0 saturated carbocycles. The van der Waals surface area contributed by atoms with E-state index in [2.05, 4.69) is 164 Å². The maximum Gasteiger partial charge on any atom is 0.139 e. The highest BCUT2D eigenvalue weighted by Gasteiger charge is 2.19. The highest BCUT2D eigenvalue weighted by atomic mass is 16.5. The number of aromatic nitrogens is 5. The Bertz CT molecular complexity index is 3010. The van der Waals surface area contributed by atoms with Gasteiger partial charge in [-0.3, -0.25) is 4.57 Å². The smallest absolute Gasteiger partial charge is 0.139 e. The predicted octanol–water partition coefficient (Wildman–Crippen LogP) is 12.2. The standard InChI is InChI=1S/C48H37N5O/c1-30-13-10-20-41-42-21-11-14-31(2)48(42)51(47(30)41)35-25-26-49-45(28-35)52-43-22-9-8-19-39(43)40-24-23-38(29-44(40)52)54-37-18-12-17-36(27-37)53-33(4)46(32(3)50-53)34-15-6-5-7-16-34/h5-29H,1-4H3. The lowest BCUT2D eigenvalue weighted by Gasteiger charge is -2.14. The Labute approximate surface area is 313 Å². The van der Waals surface area contributed by atoms with Crippen LogP contribution >= 0.6 is 0 Å². The molecule has 0 atom stereocenters. The van der Waals surface area contributed by atoms with Gasteiger partial charge >= 0.3 is 0 Å². The molecule has 0 spiro atoms. The second-order valence-corrected chi connectivity index (χ2v) is 14.1. The lowest BCUT2D eigenvalue weighted by Crippen LogP contribution is -2.02. The van der Waals surface area contributed by atoms with Gasteiger partial charge in [0.15, 0.2) is 0 Å². The SMILES string of the molecule is Cc1nn(-c2cccc(Oc3ccc4c5ccccc5n(-c5cc(-n6c7c(C)cccc7c7cccc(C)c76)ccn5)c4c3)c2)c(C)c1-c1ccccc1. The fourth-order valence-electron chi connectivity index (χ4n) is 8.38. The number of hydrogen-bond acceptors (Lipinski definition) is 3. The number of para-hydroxylation sites is 3. The summed E-state index contributed by atoms with van der Waals surface area (Å²) in [5.41, 5.74) is 13.4. The maximum atomic E-state index is 6.62. The molecule has 4 heterocycles. The van der Waals surface area contributed by atoms with Crippen LogP contribution in [0.4, 0.5) is 0 Å². The number of benzene rings is 6. The second kappa shape index (κ2) is 12.3. The molecule has 6 aromatic carbocycles. The number of aryl methyl sites for hydroxylation is 3. The first-order valence-corrected chi connectivity index (χ1v) is 18.3. The Kier molecular flexibility index (Phi) is 7.27. The number of pyridine rings is 1. The Balaban J connectivity index is 1.08. The first kappa shape index (κ1) is 31.8. The van der Waals surface area contributed by atoms with Gasteiger partial charge in [0.05, 0.1) is 39.1 Å². The third-order valence-electron chi connectivity index (χ3n) is 10.7. The van der Waals surface area contributed by atoms with Crippen molar-refractivity contribution in [3.05, 3.63) is 174 Å². The molecule has 6 nitrogen and oxygen atoms in total. The molecule has 10 aromatic rings. The normalized spacial score (nSPS) is 11.7. The van der Waals surface area contributed by atoms with Crippen LogP contribution in [0.25, 0.3) is 71.9 Å². The molecule has 0 saturated heterocycles. The maximum absolute atomic E-state index is 6.62.